The van der Waals surface area contributed by atoms with E-state index in [4.69, 9.17) is 16.6 Å². The van der Waals surface area contributed by atoms with Gasteiger partial charge in [-0.1, -0.05) is 0 Å². The molecule has 164 valence electrons. The number of aliphatic carboxylic acids is 1. The number of carboxylic acid groups (broad SMARTS) is 1. The predicted molar refractivity (Wildman–Crippen MR) is 96.8 cm³/mol. The molecule has 0 saturated carbocycles. The van der Waals surface area contributed by atoms with E-state index in [2.05, 4.69) is 10.6 Å². The molecule has 0 radical (unpaired) electrons. The fourth-order valence-corrected chi connectivity index (χ4v) is 2.92. The van der Waals surface area contributed by atoms with E-state index in [0.29, 0.717) is 6.42 Å². The number of likely N-dealkylation sites (tertiary alicyclic amines) is 1. The van der Waals surface area contributed by atoms with Gasteiger partial charge in [0, 0.05) is 6.54 Å². The van der Waals surface area contributed by atoms with Gasteiger partial charge in [-0.3, -0.25) is 19.2 Å². The van der Waals surface area contributed by atoms with Gasteiger partial charge in [0.25, 0.3) is 0 Å². The van der Waals surface area contributed by atoms with Crippen molar-refractivity contribution < 1.29 is 39.3 Å². The molecule has 0 bridgehead atoms. The van der Waals surface area contributed by atoms with Crippen molar-refractivity contribution in [3.8, 4) is 0 Å². The van der Waals surface area contributed by atoms with Gasteiger partial charge in [0.15, 0.2) is 6.04 Å². The molecule has 13 heteroatoms. The molecule has 13 nitrogen and oxygen atoms in total. The van der Waals surface area contributed by atoms with Crippen molar-refractivity contribution in [2.24, 2.45) is 11.5 Å². The normalized spacial score (nSPS) is 20.3. The Labute approximate surface area is 166 Å². The lowest BCUT2D eigenvalue weighted by molar-refractivity contribution is -0.147. The van der Waals surface area contributed by atoms with Crippen LogP contribution in [0.4, 0.5) is 0 Å². The Morgan fingerprint density at radius 2 is 1.83 bits per heavy atom. The van der Waals surface area contributed by atoms with E-state index in [9.17, 15) is 34.2 Å². The predicted octanol–water partition coefficient (Wildman–Crippen LogP) is -4.39. The number of aliphatic hydroxyl groups excluding tert-OH is 2. The fourth-order valence-electron chi connectivity index (χ4n) is 2.92. The molecule has 1 rings (SSSR count). The van der Waals surface area contributed by atoms with Crippen LogP contribution in [0, 0.1) is 0 Å². The number of hydrogen-bond donors (Lipinski definition) is 7. The molecule has 5 atom stereocenters. The minimum absolute atomic E-state index is 0.142. The third-order valence-corrected chi connectivity index (χ3v) is 4.44. The van der Waals surface area contributed by atoms with Crippen LogP contribution < -0.4 is 22.1 Å². The topological polar surface area (TPSA) is 225 Å². The van der Waals surface area contributed by atoms with Crippen molar-refractivity contribution in [2.45, 2.75) is 56.5 Å². The van der Waals surface area contributed by atoms with Crippen LogP contribution in [0.3, 0.4) is 0 Å². The number of carboxylic acids is 1. The van der Waals surface area contributed by atoms with Gasteiger partial charge in [-0.25, -0.2) is 4.79 Å². The second-order valence-electron chi connectivity index (χ2n) is 6.78. The van der Waals surface area contributed by atoms with E-state index >= 15 is 0 Å². The van der Waals surface area contributed by atoms with Crippen molar-refractivity contribution in [3.05, 3.63) is 0 Å². The van der Waals surface area contributed by atoms with E-state index in [1.807, 2.05) is 0 Å². The van der Waals surface area contributed by atoms with Crippen LogP contribution >= 0.6 is 0 Å². The molecular weight excluding hydrogens is 390 g/mol. The number of amides is 4. The molecule has 1 fully saturated rings. The Hall–Kier alpha value is -2.77. The molecule has 4 amide bonds. The number of primary amides is 1. The van der Waals surface area contributed by atoms with Crippen molar-refractivity contribution in [2.75, 3.05) is 13.2 Å². The molecule has 9 N–H and O–H groups in total. The van der Waals surface area contributed by atoms with Crippen LogP contribution in [0.25, 0.3) is 0 Å². The van der Waals surface area contributed by atoms with E-state index in [1.54, 1.807) is 0 Å². The number of carbonyl (C=O) groups excluding carboxylic acids is 4. The summed E-state index contributed by atoms with van der Waals surface area (Å²) < 4.78 is 0. The maximum atomic E-state index is 12.7. The lowest BCUT2D eigenvalue weighted by Crippen LogP contribution is -2.58. The highest BCUT2D eigenvalue weighted by atomic mass is 16.4. The maximum Gasteiger partial charge on any atom is 0.328 e. The number of nitrogens with two attached hydrogens (primary N) is 2. The number of rotatable bonds is 10. The summed E-state index contributed by atoms with van der Waals surface area (Å²) in [6, 6.07) is -5.32. The number of nitrogens with zero attached hydrogens (tertiary/aromatic N) is 1. The highest BCUT2D eigenvalue weighted by Crippen LogP contribution is 2.19. The number of aliphatic hydroxyl groups is 2. The van der Waals surface area contributed by atoms with Crippen LogP contribution in [0.1, 0.15) is 26.2 Å². The van der Waals surface area contributed by atoms with Crippen molar-refractivity contribution in [3.63, 3.8) is 0 Å². The Bertz CT molecular complexity index is 655. The summed E-state index contributed by atoms with van der Waals surface area (Å²) in [6.07, 6.45) is -1.15. The maximum absolute atomic E-state index is 12.7. The number of carbonyl (C=O) groups is 5. The van der Waals surface area contributed by atoms with Gasteiger partial charge in [-0.15, -0.1) is 0 Å². The summed E-state index contributed by atoms with van der Waals surface area (Å²) in [5.74, 6) is -4.68. The van der Waals surface area contributed by atoms with Crippen LogP contribution in [-0.2, 0) is 24.0 Å². The van der Waals surface area contributed by atoms with Gasteiger partial charge < -0.3 is 42.3 Å². The smallest absolute Gasteiger partial charge is 0.328 e. The van der Waals surface area contributed by atoms with Gasteiger partial charge >= 0.3 is 5.97 Å². The van der Waals surface area contributed by atoms with Gasteiger partial charge in [-0.2, -0.15) is 0 Å². The molecule has 0 aromatic heterocycles. The molecule has 5 unspecified atom stereocenters. The summed E-state index contributed by atoms with van der Waals surface area (Å²) in [6.45, 7) is 0.552. The molecule has 1 saturated heterocycles. The molecule has 0 aromatic carbocycles. The monoisotopic (exact) mass is 417 g/mol. The van der Waals surface area contributed by atoms with Crippen LogP contribution in [0.2, 0.25) is 0 Å². The quantitative estimate of drug-likeness (QED) is 0.182. The summed E-state index contributed by atoms with van der Waals surface area (Å²) in [5, 5.41) is 32.4. The van der Waals surface area contributed by atoms with Crippen molar-refractivity contribution >= 4 is 29.6 Å². The Morgan fingerprint density at radius 1 is 1.21 bits per heavy atom. The molecule has 1 aliphatic rings. The second kappa shape index (κ2) is 10.7. The molecule has 0 aromatic rings. The highest BCUT2D eigenvalue weighted by molar-refractivity contribution is 5.95. The van der Waals surface area contributed by atoms with Crippen LogP contribution in [-0.4, -0.2) is 93.2 Å². The van der Waals surface area contributed by atoms with E-state index < -0.39 is 72.9 Å². The molecule has 0 spiro atoms. The average Bonchev–Trinajstić information content (AvgIpc) is 3.11. The average molecular weight is 417 g/mol. The zero-order valence-electron chi connectivity index (χ0n) is 15.9. The summed E-state index contributed by atoms with van der Waals surface area (Å²) in [5.41, 5.74) is 10.5. The largest absolute Gasteiger partial charge is 0.480 e. The lowest BCUT2D eigenvalue weighted by atomic mass is 10.1. The van der Waals surface area contributed by atoms with E-state index in [1.165, 1.54) is 6.92 Å². The zero-order valence-corrected chi connectivity index (χ0v) is 15.9. The summed E-state index contributed by atoms with van der Waals surface area (Å²) in [7, 11) is 0. The third-order valence-electron chi connectivity index (χ3n) is 4.44. The molecule has 1 aliphatic heterocycles. The SMILES string of the molecule is CC(O)C(NC(=O)C1CCCN1C(=O)C(CO)NC(=O)C(N)CC(N)=O)C(=O)O. The molecule has 1 heterocycles. The van der Waals surface area contributed by atoms with Crippen LogP contribution in [0.5, 0.6) is 0 Å². The summed E-state index contributed by atoms with van der Waals surface area (Å²) in [4.78, 5) is 60.2. The first kappa shape index (κ1) is 24.3. The highest BCUT2D eigenvalue weighted by Gasteiger charge is 2.39. The summed E-state index contributed by atoms with van der Waals surface area (Å²) >= 11 is 0. The lowest BCUT2D eigenvalue weighted by Gasteiger charge is -2.29. The van der Waals surface area contributed by atoms with Gasteiger partial charge in [0.05, 0.1) is 25.2 Å². The molecule has 0 aliphatic carbocycles. The van der Waals surface area contributed by atoms with Crippen LogP contribution in [0.15, 0.2) is 0 Å². The minimum Gasteiger partial charge on any atom is -0.480 e. The molecule has 29 heavy (non-hydrogen) atoms. The molecular formula is C16H27N5O8. The van der Waals surface area contributed by atoms with E-state index in [0.717, 1.165) is 4.90 Å². The van der Waals surface area contributed by atoms with Crippen molar-refractivity contribution in [1.29, 1.82) is 0 Å². The first-order valence-corrected chi connectivity index (χ1v) is 8.96. The standard InChI is InChI=1S/C16H27N5O8/c1-7(23)12(16(28)29)20-14(26)10-3-2-4-21(10)15(27)9(6-22)19-13(25)8(17)5-11(18)24/h7-10,12,22-23H,2-6,17H2,1H3,(H2,18,24)(H,19,25)(H,20,26)(H,28,29). The van der Waals surface area contributed by atoms with Gasteiger partial charge in [0.1, 0.15) is 12.1 Å². The Kier molecular flexibility index (Phi) is 8.94. The van der Waals surface area contributed by atoms with Gasteiger partial charge in [0.2, 0.25) is 23.6 Å². The Balaban J connectivity index is 2.84. The Morgan fingerprint density at radius 3 is 2.31 bits per heavy atom. The van der Waals surface area contributed by atoms with Gasteiger partial charge in [-0.05, 0) is 19.8 Å². The minimum atomic E-state index is -1.56. The first-order chi connectivity index (χ1) is 13.5. The van der Waals surface area contributed by atoms with Crippen molar-refractivity contribution in [1.82, 2.24) is 15.5 Å². The zero-order chi connectivity index (χ0) is 22.3. The third kappa shape index (κ3) is 6.66. The first-order valence-electron chi connectivity index (χ1n) is 8.96. The van der Waals surface area contributed by atoms with E-state index in [-0.39, 0.29) is 13.0 Å². The second-order valence-corrected chi connectivity index (χ2v) is 6.78. The fraction of sp³-hybridized carbons (Fsp3) is 0.688. The number of nitrogens with one attached hydrogen (secondary N) is 2. The number of hydrogen-bond acceptors (Lipinski definition) is 8.